The molecule has 0 heterocycles. The summed E-state index contributed by atoms with van der Waals surface area (Å²) in [6.45, 7) is 0. The number of hydrogen-bond donors (Lipinski definition) is 0. The molecule has 12 heavy (non-hydrogen) atoms. The highest BCUT2D eigenvalue weighted by atomic mass is 31.0. The van der Waals surface area contributed by atoms with Crippen molar-refractivity contribution in [2.45, 2.75) is 25.7 Å². The minimum absolute atomic E-state index is 0.0133. The van der Waals surface area contributed by atoms with Crippen LogP contribution in [0.25, 0.3) is 0 Å². The summed E-state index contributed by atoms with van der Waals surface area (Å²) in [4.78, 5) is 23.6. The molecule has 4 nitrogen and oxygen atoms in total. The van der Waals surface area contributed by atoms with Gasteiger partial charge in [0.25, 0.3) is 0 Å². The smallest absolute Gasteiger partial charge is 0.348 e. The standard InChI is InChI=1S/C6H10FO4P/c7-10-5(8)3-1-2-4-6(9)11-12/h1-4,12H2. The molecule has 0 radical (unpaired) electrons. The molecule has 0 rings (SSSR count). The highest BCUT2D eigenvalue weighted by Crippen LogP contribution is 2.03. The minimum atomic E-state index is -0.908. The molecule has 6 heteroatoms. The van der Waals surface area contributed by atoms with Crippen LogP contribution in [0.1, 0.15) is 25.7 Å². The Morgan fingerprint density at radius 1 is 1.17 bits per heavy atom. The van der Waals surface area contributed by atoms with Crippen molar-refractivity contribution in [2.75, 3.05) is 0 Å². The van der Waals surface area contributed by atoms with Gasteiger partial charge < -0.3 is 4.52 Å². The third-order valence-corrected chi connectivity index (χ3v) is 1.49. The van der Waals surface area contributed by atoms with E-state index in [-0.39, 0.29) is 18.8 Å². The molecule has 0 saturated heterocycles. The summed E-state index contributed by atoms with van der Waals surface area (Å²) in [5, 5.41) is 0. The summed E-state index contributed by atoms with van der Waals surface area (Å²) in [6, 6.07) is 0. The minimum Gasteiger partial charge on any atom is -0.452 e. The number of carbonyl (C=O) groups excluding carboxylic acids is 2. The summed E-state index contributed by atoms with van der Waals surface area (Å²) in [5.41, 5.74) is 0. The van der Waals surface area contributed by atoms with Crippen LogP contribution >= 0.6 is 9.47 Å². The van der Waals surface area contributed by atoms with Gasteiger partial charge >= 0.3 is 11.9 Å². The molecule has 0 aromatic heterocycles. The van der Waals surface area contributed by atoms with E-state index < -0.39 is 5.97 Å². The maximum atomic E-state index is 11.1. The SMILES string of the molecule is O=C(CCCCC(=O)OP)OF. The molecule has 0 aromatic carbocycles. The van der Waals surface area contributed by atoms with Gasteiger partial charge in [-0.3, -0.25) is 9.74 Å². The number of halogens is 1. The van der Waals surface area contributed by atoms with Crippen molar-refractivity contribution in [2.24, 2.45) is 0 Å². The number of carbonyl (C=O) groups is 2. The van der Waals surface area contributed by atoms with E-state index in [1.807, 2.05) is 9.47 Å². The molecule has 0 aliphatic carbocycles. The van der Waals surface area contributed by atoms with Crippen LogP contribution in [0.4, 0.5) is 4.53 Å². The van der Waals surface area contributed by atoms with Crippen LogP contribution in [0.15, 0.2) is 0 Å². The lowest BCUT2D eigenvalue weighted by molar-refractivity contribution is -0.183. The molecular formula is C6H10FO4P. The van der Waals surface area contributed by atoms with Gasteiger partial charge in [0.15, 0.2) is 0 Å². The molecule has 0 aliphatic rings. The van der Waals surface area contributed by atoms with Crippen molar-refractivity contribution >= 4 is 21.4 Å². The van der Waals surface area contributed by atoms with E-state index in [0.29, 0.717) is 12.8 Å². The first-order chi connectivity index (χ1) is 5.70. The van der Waals surface area contributed by atoms with Crippen LogP contribution in [0.5, 0.6) is 0 Å². The van der Waals surface area contributed by atoms with Crippen LogP contribution in [0, 0.1) is 0 Å². The zero-order valence-corrected chi connectivity index (χ0v) is 7.57. The van der Waals surface area contributed by atoms with Gasteiger partial charge in [-0.1, -0.05) is 0 Å². The summed E-state index contributed by atoms with van der Waals surface area (Å²) >= 11 is 0. The topological polar surface area (TPSA) is 52.6 Å². The van der Waals surface area contributed by atoms with Crippen LogP contribution in [-0.4, -0.2) is 11.9 Å². The Kier molecular flexibility index (Phi) is 6.57. The molecule has 1 atom stereocenters. The van der Waals surface area contributed by atoms with Gasteiger partial charge in [0.1, 0.15) is 0 Å². The zero-order chi connectivity index (χ0) is 9.40. The third kappa shape index (κ3) is 6.04. The number of hydrogen-bond acceptors (Lipinski definition) is 4. The first kappa shape index (κ1) is 11.3. The maximum Gasteiger partial charge on any atom is 0.348 e. The first-order valence-corrected chi connectivity index (χ1v) is 3.89. The summed E-state index contributed by atoms with van der Waals surface area (Å²) < 4.78 is 15.4. The molecule has 0 fully saturated rings. The van der Waals surface area contributed by atoms with Crippen molar-refractivity contribution in [3.05, 3.63) is 0 Å². The monoisotopic (exact) mass is 196 g/mol. The fraction of sp³-hybridized carbons (Fsp3) is 0.667. The van der Waals surface area contributed by atoms with Crippen LogP contribution in [-0.2, 0) is 19.1 Å². The molecule has 0 saturated carbocycles. The average Bonchev–Trinajstić information content (AvgIpc) is 2.11. The van der Waals surface area contributed by atoms with Gasteiger partial charge in [0.2, 0.25) is 0 Å². The molecule has 0 bridgehead atoms. The number of rotatable bonds is 5. The Hall–Kier alpha value is -0.700. The normalized spacial score (nSPS) is 9.17. The predicted octanol–water partition coefficient (Wildman–Crippen LogP) is 1.31. The van der Waals surface area contributed by atoms with Crippen molar-refractivity contribution in [1.29, 1.82) is 0 Å². The van der Waals surface area contributed by atoms with Crippen molar-refractivity contribution in [1.82, 2.24) is 0 Å². The van der Waals surface area contributed by atoms with E-state index in [4.69, 9.17) is 0 Å². The van der Waals surface area contributed by atoms with Crippen LogP contribution in [0.3, 0.4) is 0 Å². The van der Waals surface area contributed by atoms with Crippen molar-refractivity contribution < 1.29 is 23.6 Å². The Balaban J connectivity index is 3.21. The molecule has 0 spiro atoms. The van der Waals surface area contributed by atoms with Gasteiger partial charge in [0.05, 0.1) is 9.47 Å². The maximum absolute atomic E-state index is 11.1. The van der Waals surface area contributed by atoms with E-state index in [2.05, 4.69) is 9.47 Å². The van der Waals surface area contributed by atoms with E-state index in [1.165, 1.54) is 0 Å². The Labute approximate surface area is 71.6 Å². The van der Waals surface area contributed by atoms with E-state index in [9.17, 15) is 14.1 Å². The van der Waals surface area contributed by atoms with Gasteiger partial charge in [-0.05, 0) is 12.8 Å². The lowest BCUT2D eigenvalue weighted by Crippen LogP contribution is -1.99. The second-order valence-electron chi connectivity index (χ2n) is 2.15. The number of unbranched alkanes of at least 4 members (excludes halogenated alkanes) is 1. The highest BCUT2D eigenvalue weighted by molar-refractivity contribution is 7.10. The Morgan fingerprint density at radius 3 is 2.08 bits per heavy atom. The average molecular weight is 196 g/mol. The van der Waals surface area contributed by atoms with Crippen molar-refractivity contribution in [3.63, 3.8) is 0 Å². The van der Waals surface area contributed by atoms with Crippen molar-refractivity contribution in [3.8, 4) is 0 Å². The molecule has 0 N–H and O–H groups in total. The first-order valence-electron chi connectivity index (χ1n) is 3.41. The zero-order valence-electron chi connectivity index (χ0n) is 6.42. The van der Waals surface area contributed by atoms with Gasteiger partial charge in [-0.25, -0.2) is 4.79 Å². The molecule has 0 aromatic rings. The largest absolute Gasteiger partial charge is 0.452 e. The lowest BCUT2D eigenvalue weighted by atomic mass is 10.2. The van der Waals surface area contributed by atoms with Gasteiger partial charge in [0, 0.05) is 17.4 Å². The fourth-order valence-electron chi connectivity index (χ4n) is 0.636. The summed E-state index contributed by atoms with van der Waals surface area (Å²) in [7, 11) is 1.83. The van der Waals surface area contributed by atoms with Gasteiger partial charge in [-0.15, -0.1) is 0 Å². The van der Waals surface area contributed by atoms with Gasteiger partial charge in [-0.2, -0.15) is 0 Å². The molecule has 0 amide bonds. The van der Waals surface area contributed by atoms with Crippen LogP contribution in [0.2, 0.25) is 0 Å². The predicted molar refractivity (Wildman–Crippen MR) is 41.5 cm³/mol. The van der Waals surface area contributed by atoms with E-state index >= 15 is 0 Å². The van der Waals surface area contributed by atoms with Crippen LogP contribution < -0.4 is 0 Å². The Bertz CT molecular complexity index is 144. The lowest BCUT2D eigenvalue weighted by Gasteiger charge is -1.96. The molecule has 70 valence electrons. The summed E-state index contributed by atoms with van der Waals surface area (Å²) in [5.74, 6) is -1.28. The second kappa shape index (κ2) is 6.98. The Morgan fingerprint density at radius 2 is 1.67 bits per heavy atom. The van der Waals surface area contributed by atoms with E-state index in [0.717, 1.165) is 0 Å². The third-order valence-electron chi connectivity index (χ3n) is 1.23. The fourth-order valence-corrected chi connectivity index (χ4v) is 0.754. The molecular weight excluding hydrogens is 186 g/mol. The quantitative estimate of drug-likeness (QED) is 0.491. The van der Waals surface area contributed by atoms with E-state index in [1.54, 1.807) is 0 Å². The summed E-state index contributed by atoms with van der Waals surface area (Å²) in [6.07, 6.45) is 1.12. The highest BCUT2D eigenvalue weighted by Gasteiger charge is 2.04. The second-order valence-corrected chi connectivity index (χ2v) is 2.38. The molecule has 0 aliphatic heterocycles. The molecule has 1 unspecified atom stereocenters.